The summed E-state index contributed by atoms with van der Waals surface area (Å²) in [5.41, 5.74) is 1.86. The molecule has 2 aromatic heterocycles. The molecule has 0 saturated carbocycles. The van der Waals surface area contributed by atoms with Crippen LogP contribution in [0.4, 0.5) is 10.8 Å². The van der Waals surface area contributed by atoms with Gasteiger partial charge in [0.15, 0.2) is 5.13 Å². The van der Waals surface area contributed by atoms with Crippen molar-refractivity contribution in [2.45, 2.75) is 26.3 Å². The highest BCUT2D eigenvalue weighted by Gasteiger charge is 2.19. The van der Waals surface area contributed by atoms with Crippen molar-refractivity contribution in [3.8, 4) is 0 Å². The van der Waals surface area contributed by atoms with Gasteiger partial charge in [-0.05, 0) is 48.9 Å². The van der Waals surface area contributed by atoms with Crippen molar-refractivity contribution >= 4 is 45.3 Å². The van der Waals surface area contributed by atoms with Gasteiger partial charge in [-0.25, -0.2) is 4.98 Å². The number of hydrogen-bond acceptors (Lipinski definition) is 6. The number of nitrogens with one attached hydrogen (secondary N) is 2. The van der Waals surface area contributed by atoms with Crippen molar-refractivity contribution in [2.24, 2.45) is 5.92 Å². The molecule has 3 aromatic rings. The van der Waals surface area contributed by atoms with E-state index in [4.69, 9.17) is 0 Å². The molecule has 4 rings (SSSR count). The number of nitrogens with zero attached hydrogens (tertiary/aromatic N) is 2. The van der Waals surface area contributed by atoms with Crippen LogP contribution in [0, 0.1) is 5.92 Å². The summed E-state index contributed by atoms with van der Waals surface area (Å²) in [4.78, 5) is 32.8. The van der Waals surface area contributed by atoms with E-state index in [1.807, 2.05) is 16.8 Å². The van der Waals surface area contributed by atoms with E-state index >= 15 is 0 Å². The molecule has 1 aliphatic heterocycles. The third kappa shape index (κ3) is 5.13. The van der Waals surface area contributed by atoms with Gasteiger partial charge in [-0.15, -0.1) is 22.7 Å². The Balaban J connectivity index is 1.41. The second kappa shape index (κ2) is 9.51. The lowest BCUT2D eigenvalue weighted by atomic mass is 10.0. The van der Waals surface area contributed by atoms with Crippen LogP contribution in [0.15, 0.2) is 47.2 Å². The first-order valence-corrected chi connectivity index (χ1v) is 11.8. The Morgan fingerprint density at radius 3 is 2.80 bits per heavy atom. The van der Waals surface area contributed by atoms with Crippen LogP contribution >= 0.6 is 22.7 Å². The van der Waals surface area contributed by atoms with E-state index < -0.39 is 0 Å². The molecule has 1 atom stereocenters. The summed E-state index contributed by atoms with van der Waals surface area (Å²) in [5.74, 6) is 0.208. The molecule has 2 N–H and O–H groups in total. The number of thiazole rings is 1. The highest BCUT2D eigenvalue weighted by Crippen LogP contribution is 2.23. The molecule has 156 valence electrons. The minimum atomic E-state index is -0.287. The average Bonchev–Trinajstić information content (AvgIpc) is 3.41. The van der Waals surface area contributed by atoms with Crippen LogP contribution in [0.1, 0.15) is 45.5 Å². The van der Waals surface area contributed by atoms with Crippen molar-refractivity contribution in [2.75, 3.05) is 23.7 Å². The normalized spacial score (nSPS) is 16.9. The van der Waals surface area contributed by atoms with E-state index in [1.54, 1.807) is 30.3 Å². The number of benzene rings is 1. The second-order valence-corrected chi connectivity index (χ2v) is 9.36. The fourth-order valence-corrected chi connectivity index (χ4v) is 4.96. The van der Waals surface area contributed by atoms with Gasteiger partial charge in [-0.1, -0.05) is 25.1 Å². The van der Waals surface area contributed by atoms with Gasteiger partial charge < -0.3 is 5.32 Å². The van der Waals surface area contributed by atoms with Gasteiger partial charge in [-0.3, -0.25) is 19.8 Å². The number of anilines is 2. The fraction of sp³-hybridized carbons (Fsp3) is 0.318. The van der Waals surface area contributed by atoms with Crippen molar-refractivity contribution < 1.29 is 9.59 Å². The minimum Gasteiger partial charge on any atom is -0.321 e. The summed E-state index contributed by atoms with van der Waals surface area (Å²) in [6, 6.07) is 10.6. The number of amides is 2. The predicted octanol–water partition coefficient (Wildman–Crippen LogP) is 4.94. The smallest absolute Gasteiger partial charge is 0.265 e. The number of carbonyl (C=O) groups excluding carboxylic acids is 2. The molecule has 1 saturated heterocycles. The fourth-order valence-electron chi connectivity index (χ4n) is 3.64. The van der Waals surface area contributed by atoms with Crippen LogP contribution < -0.4 is 10.6 Å². The molecular formula is C22H24N4O2S2. The zero-order chi connectivity index (χ0) is 20.9. The Kier molecular flexibility index (Phi) is 6.56. The zero-order valence-corrected chi connectivity index (χ0v) is 18.4. The zero-order valence-electron chi connectivity index (χ0n) is 16.8. The number of carbonyl (C=O) groups is 2. The quantitative estimate of drug-likeness (QED) is 0.569. The van der Waals surface area contributed by atoms with Crippen LogP contribution in [-0.2, 0) is 6.54 Å². The first kappa shape index (κ1) is 20.7. The number of para-hydroxylation sites is 1. The van der Waals surface area contributed by atoms with Crippen molar-refractivity contribution in [1.29, 1.82) is 0 Å². The molecule has 0 radical (unpaired) electrons. The van der Waals surface area contributed by atoms with Gasteiger partial charge in [0.1, 0.15) is 0 Å². The largest absolute Gasteiger partial charge is 0.321 e. The van der Waals surface area contributed by atoms with E-state index in [2.05, 4.69) is 27.4 Å². The Hall–Kier alpha value is -2.55. The molecule has 0 unspecified atom stereocenters. The molecule has 2 amide bonds. The Labute approximate surface area is 184 Å². The molecule has 6 nitrogen and oxygen atoms in total. The van der Waals surface area contributed by atoms with Gasteiger partial charge in [0, 0.05) is 18.5 Å². The van der Waals surface area contributed by atoms with E-state index in [9.17, 15) is 9.59 Å². The van der Waals surface area contributed by atoms with Gasteiger partial charge in [0.05, 0.1) is 21.8 Å². The van der Waals surface area contributed by atoms with E-state index in [0.29, 0.717) is 21.3 Å². The summed E-state index contributed by atoms with van der Waals surface area (Å²) in [7, 11) is 0. The molecule has 0 spiro atoms. The SMILES string of the molecule is C[C@@H]1CCCN(Cc2csc(NC(=O)c3ccccc3NC(=O)c3cccs3)n2)C1. The summed E-state index contributed by atoms with van der Waals surface area (Å²) in [5, 5.41) is 10.1. The lowest BCUT2D eigenvalue weighted by Crippen LogP contribution is -2.33. The maximum Gasteiger partial charge on any atom is 0.265 e. The van der Waals surface area contributed by atoms with E-state index in [-0.39, 0.29) is 11.8 Å². The standard InChI is InChI=1S/C22H24N4O2S2/c1-15-6-4-10-26(12-15)13-16-14-30-22(23-16)25-20(27)17-7-2-3-8-18(17)24-21(28)19-9-5-11-29-19/h2-3,5,7-9,11,14-15H,4,6,10,12-13H2,1H3,(H,24,28)(H,23,25,27)/t15-/m1/s1. The van der Waals surface area contributed by atoms with Crippen LogP contribution in [0.5, 0.6) is 0 Å². The first-order chi connectivity index (χ1) is 14.6. The van der Waals surface area contributed by atoms with Crippen LogP contribution in [-0.4, -0.2) is 34.8 Å². The molecule has 0 bridgehead atoms. The van der Waals surface area contributed by atoms with Crippen molar-refractivity contribution in [3.05, 3.63) is 63.3 Å². The van der Waals surface area contributed by atoms with E-state index in [0.717, 1.165) is 31.2 Å². The molecule has 1 aromatic carbocycles. The van der Waals surface area contributed by atoms with Gasteiger partial charge >= 0.3 is 0 Å². The molecular weight excluding hydrogens is 416 g/mol. The molecule has 1 aliphatic rings. The predicted molar refractivity (Wildman–Crippen MR) is 122 cm³/mol. The number of hydrogen-bond donors (Lipinski definition) is 2. The molecule has 0 aliphatic carbocycles. The van der Waals surface area contributed by atoms with Crippen molar-refractivity contribution in [1.82, 2.24) is 9.88 Å². The monoisotopic (exact) mass is 440 g/mol. The maximum absolute atomic E-state index is 12.8. The number of likely N-dealkylation sites (tertiary alicyclic amines) is 1. The summed E-state index contributed by atoms with van der Waals surface area (Å²) in [6.07, 6.45) is 2.51. The number of rotatable bonds is 6. The molecule has 8 heteroatoms. The number of aromatic nitrogens is 1. The van der Waals surface area contributed by atoms with Gasteiger partial charge in [0.2, 0.25) is 0 Å². The van der Waals surface area contributed by atoms with Gasteiger partial charge in [0.25, 0.3) is 11.8 Å². The topological polar surface area (TPSA) is 74.3 Å². The number of piperidine rings is 1. The first-order valence-electron chi connectivity index (χ1n) is 10.0. The van der Waals surface area contributed by atoms with Crippen molar-refractivity contribution in [3.63, 3.8) is 0 Å². The second-order valence-electron chi connectivity index (χ2n) is 7.56. The molecule has 3 heterocycles. The lowest BCUT2D eigenvalue weighted by Gasteiger charge is -2.30. The highest BCUT2D eigenvalue weighted by molar-refractivity contribution is 7.14. The summed E-state index contributed by atoms with van der Waals surface area (Å²) in [6.45, 7) is 5.29. The lowest BCUT2D eigenvalue weighted by molar-refractivity contribution is 0.102. The van der Waals surface area contributed by atoms with Crippen LogP contribution in [0.25, 0.3) is 0 Å². The Bertz CT molecular complexity index is 1020. The third-order valence-corrected chi connectivity index (χ3v) is 6.74. The average molecular weight is 441 g/mol. The molecule has 1 fully saturated rings. The molecule has 30 heavy (non-hydrogen) atoms. The van der Waals surface area contributed by atoms with Crippen LogP contribution in [0.2, 0.25) is 0 Å². The van der Waals surface area contributed by atoms with Gasteiger partial charge in [-0.2, -0.15) is 0 Å². The summed E-state index contributed by atoms with van der Waals surface area (Å²) >= 11 is 2.78. The number of thiophene rings is 1. The third-order valence-electron chi connectivity index (χ3n) is 5.06. The van der Waals surface area contributed by atoms with Crippen LogP contribution in [0.3, 0.4) is 0 Å². The Morgan fingerprint density at radius 1 is 1.13 bits per heavy atom. The minimum absolute atomic E-state index is 0.224. The summed E-state index contributed by atoms with van der Waals surface area (Å²) < 4.78 is 0. The highest BCUT2D eigenvalue weighted by atomic mass is 32.1. The maximum atomic E-state index is 12.8. The Morgan fingerprint density at radius 2 is 2.00 bits per heavy atom. The van der Waals surface area contributed by atoms with E-state index in [1.165, 1.54) is 35.5 Å².